The molecule has 3 unspecified atom stereocenters. The van der Waals surface area contributed by atoms with E-state index in [0.717, 1.165) is 17.8 Å². The van der Waals surface area contributed by atoms with Gasteiger partial charge in [-0.3, -0.25) is 0 Å². The second-order valence-electron chi connectivity index (χ2n) is 4.42. The van der Waals surface area contributed by atoms with Gasteiger partial charge in [0.25, 0.3) is 0 Å². The average molecular weight is 214 g/mol. The van der Waals surface area contributed by atoms with Crippen LogP contribution < -0.4 is 0 Å². The first kappa shape index (κ1) is 17.4. The topological polar surface area (TPSA) is 0 Å². The van der Waals surface area contributed by atoms with E-state index in [1.165, 1.54) is 32.1 Å². The van der Waals surface area contributed by atoms with Gasteiger partial charge in [-0.15, -0.1) is 0 Å². The molecular weight excluding hydrogens is 180 g/mol. The highest BCUT2D eigenvalue weighted by molar-refractivity contribution is 4.74. The van der Waals surface area contributed by atoms with Gasteiger partial charge in [0.05, 0.1) is 0 Å². The van der Waals surface area contributed by atoms with E-state index in [2.05, 4.69) is 20.8 Å². The molecule has 1 saturated carbocycles. The molecule has 1 fully saturated rings. The van der Waals surface area contributed by atoms with Crippen molar-refractivity contribution in [3.05, 3.63) is 0 Å². The van der Waals surface area contributed by atoms with Crippen molar-refractivity contribution < 1.29 is 0 Å². The summed E-state index contributed by atoms with van der Waals surface area (Å²) >= 11 is 0. The van der Waals surface area contributed by atoms with Crippen LogP contribution in [0.5, 0.6) is 0 Å². The Morgan fingerprint density at radius 3 is 1.80 bits per heavy atom. The summed E-state index contributed by atoms with van der Waals surface area (Å²) < 4.78 is 0. The minimum atomic E-state index is 0.986. The number of rotatable bonds is 2. The Kier molecular flexibility index (Phi) is 14.0. The fourth-order valence-electron chi connectivity index (χ4n) is 2.33. The molecule has 0 heterocycles. The maximum atomic E-state index is 2.42. The normalized spacial score (nSPS) is 29.4. The highest BCUT2D eigenvalue weighted by atomic mass is 14.3. The average Bonchev–Trinajstić information content (AvgIpc) is 2.30. The second kappa shape index (κ2) is 12.1. The second-order valence-corrected chi connectivity index (χ2v) is 4.42. The zero-order valence-corrected chi connectivity index (χ0v) is 12.3. The van der Waals surface area contributed by atoms with Gasteiger partial charge in [-0.25, -0.2) is 0 Å². The van der Waals surface area contributed by atoms with E-state index >= 15 is 0 Å². The van der Waals surface area contributed by atoms with E-state index in [4.69, 9.17) is 0 Å². The molecule has 0 bridgehead atoms. The third-order valence-corrected chi connectivity index (χ3v) is 3.40. The lowest BCUT2D eigenvalue weighted by Crippen LogP contribution is -2.20. The largest absolute Gasteiger partial charge is 0.0683 e. The van der Waals surface area contributed by atoms with Gasteiger partial charge in [0, 0.05) is 0 Å². The summed E-state index contributed by atoms with van der Waals surface area (Å²) in [6.45, 7) is 15.1. The molecular formula is C15H34. The van der Waals surface area contributed by atoms with Gasteiger partial charge in [-0.2, -0.15) is 0 Å². The molecule has 0 amide bonds. The smallest absolute Gasteiger partial charge is 0.0412 e. The molecule has 0 aromatic rings. The fraction of sp³-hybridized carbons (Fsp3) is 1.00. The number of hydrogen-bond acceptors (Lipinski definition) is 0. The van der Waals surface area contributed by atoms with Crippen LogP contribution in [0.1, 0.15) is 80.6 Å². The molecule has 0 radical (unpaired) electrons. The molecule has 0 heteroatoms. The quantitative estimate of drug-likeness (QED) is 0.536. The molecule has 1 rings (SSSR count). The lowest BCUT2D eigenvalue weighted by molar-refractivity contribution is 0.199. The fourth-order valence-corrected chi connectivity index (χ4v) is 2.33. The van der Waals surface area contributed by atoms with Crippen molar-refractivity contribution in [2.75, 3.05) is 0 Å². The van der Waals surface area contributed by atoms with Crippen molar-refractivity contribution in [1.82, 2.24) is 0 Å². The predicted octanol–water partition coefficient (Wildman–Crippen LogP) is 5.91. The third-order valence-electron chi connectivity index (χ3n) is 3.40. The van der Waals surface area contributed by atoms with Gasteiger partial charge in [0.1, 0.15) is 0 Å². The Morgan fingerprint density at radius 2 is 1.40 bits per heavy atom. The van der Waals surface area contributed by atoms with Crippen molar-refractivity contribution in [2.45, 2.75) is 80.6 Å². The van der Waals surface area contributed by atoms with Gasteiger partial charge in [0.15, 0.2) is 0 Å². The monoisotopic (exact) mass is 214 g/mol. The number of hydrogen-bond donors (Lipinski definition) is 0. The molecule has 3 atom stereocenters. The Morgan fingerprint density at radius 1 is 0.867 bits per heavy atom. The van der Waals surface area contributed by atoms with E-state index in [9.17, 15) is 0 Å². The molecule has 0 N–H and O–H groups in total. The summed E-state index contributed by atoms with van der Waals surface area (Å²) in [7, 11) is 0. The Balaban J connectivity index is 0. The zero-order valence-electron chi connectivity index (χ0n) is 12.3. The van der Waals surface area contributed by atoms with Crippen LogP contribution in [0.15, 0.2) is 0 Å². The van der Waals surface area contributed by atoms with Crippen LogP contribution in [0.25, 0.3) is 0 Å². The van der Waals surface area contributed by atoms with Gasteiger partial charge in [-0.1, -0.05) is 74.1 Å². The van der Waals surface area contributed by atoms with E-state index < -0.39 is 0 Å². The first-order valence-corrected chi connectivity index (χ1v) is 7.24. The predicted molar refractivity (Wildman–Crippen MR) is 73.3 cm³/mol. The highest BCUT2D eigenvalue weighted by Crippen LogP contribution is 2.35. The maximum Gasteiger partial charge on any atom is -0.0412 e. The van der Waals surface area contributed by atoms with Crippen LogP contribution in [0.3, 0.4) is 0 Å². The van der Waals surface area contributed by atoms with Crippen LogP contribution in [-0.4, -0.2) is 0 Å². The van der Waals surface area contributed by atoms with E-state index in [0.29, 0.717) is 0 Å². The van der Waals surface area contributed by atoms with Crippen molar-refractivity contribution in [2.24, 2.45) is 17.8 Å². The summed E-state index contributed by atoms with van der Waals surface area (Å²) in [6, 6.07) is 0. The van der Waals surface area contributed by atoms with E-state index in [1.807, 2.05) is 27.7 Å². The zero-order chi connectivity index (χ0) is 12.3. The molecule has 0 aromatic carbocycles. The van der Waals surface area contributed by atoms with Crippen LogP contribution in [0.2, 0.25) is 0 Å². The Hall–Kier alpha value is 0. The molecule has 0 spiro atoms. The summed E-state index contributed by atoms with van der Waals surface area (Å²) in [5, 5.41) is 0. The summed E-state index contributed by atoms with van der Waals surface area (Å²) in [6.07, 6.45) is 7.32. The van der Waals surface area contributed by atoms with E-state index in [1.54, 1.807) is 0 Å². The molecule has 0 saturated heterocycles. The molecule has 15 heavy (non-hydrogen) atoms. The van der Waals surface area contributed by atoms with Crippen LogP contribution in [0.4, 0.5) is 0 Å². The third kappa shape index (κ3) is 7.88. The van der Waals surface area contributed by atoms with Gasteiger partial charge in [0.2, 0.25) is 0 Å². The summed E-state index contributed by atoms with van der Waals surface area (Å²) in [5.74, 6) is 3.04. The Bertz CT molecular complexity index is 107. The minimum Gasteiger partial charge on any atom is -0.0683 e. The molecule has 1 aliphatic rings. The van der Waals surface area contributed by atoms with Gasteiger partial charge in [-0.05, 0) is 24.2 Å². The SMILES string of the molecule is CC.CC.CCCC1CCC(C)C(C)C1. The first-order chi connectivity index (χ1) is 7.24. The lowest BCUT2D eigenvalue weighted by atomic mass is 9.74. The molecule has 0 aromatic heterocycles. The molecule has 0 nitrogen and oxygen atoms in total. The summed E-state index contributed by atoms with van der Waals surface area (Å²) in [5.41, 5.74) is 0. The van der Waals surface area contributed by atoms with Crippen molar-refractivity contribution >= 4 is 0 Å². The van der Waals surface area contributed by atoms with Gasteiger partial charge >= 0.3 is 0 Å². The van der Waals surface area contributed by atoms with Crippen molar-refractivity contribution in [3.63, 3.8) is 0 Å². The van der Waals surface area contributed by atoms with Crippen LogP contribution in [0, 0.1) is 17.8 Å². The standard InChI is InChI=1S/C11H22.2C2H6/c1-4-5-11-7-6-9(2)10(3)8-11;2*1-2/h9-11H,4-8H2,1-3H3;2*1-2H3. The lowest BCUT2D eigenvalue weighted by Gasteiger charge is -2.31. The maximum absolute atomic E-state index is 2.42. The minimum absolute atomic E-state index is 0.986. The van der Waals surface area contributed by atoms with Gasteiger partial charge < -0.3 is 0 Å². The summed E-state index contributed by atoms with van der Waals surface area (Å²) in [4.78, 5) is 0. The van der Waals surface area contributed by atoms with Crippen molar-refractivity contribution in [3.8, 4) is 0 Å². The van der Waals surface area contributed by atoms with Crippen LogP contribution in [-0.2, 0) is 0 Å². The molecule has 94 valence electrons. The van der Waals surface area contributed by atoms with E-state index in [-0.39, 0.29) is 0 Å². The molecule has 0 aliphatic heterocycles. The van der Waals surface area contributed by atoms with Crippen LogP contribution >= 0.6 is 0 Å². The van der Waals surface area contributed by atoms with Crippen molar-refractivity contribution in [1.29, 1.82) is 0 Å². The Labute approximate surface area is 98.9 Å². The molecule has 1 aliphatic carbocycles. The first-order valence-electron chi connectivity index (χ1n) is 7.24. The highest BCUT2D eigenvalue weighted by Gasteiger charge is 2.23.